The molecule has 1 unspecified atom stereocenters. The average Bonchev–Trinajstić information content (AvgIpc) is 1.68. The van der Waals surface area contributed by atoms with Gasteiger partial charge < -0.3 is 0 Å². The first-order chi connectivity index (χ1) is 3.81. The molecular formula is C6H9OS+. The summed E-state index contributed by atoms with van der Waals surface area (Å²) < 4.78 is 9.86. The molecule has 1 nitrogen and oxygen atoms in total. The molecule has 8 heavy (non-hydrogen) atoms. The maximum absolute atomic E-state index is 9.86. The van der Waals surface area contributed by atoms with Gasteiger partial charge in [0.15, 0.2) is 0 Å². The second-order valence-corrected chi connectivity index (χ2v) is 2.15. The number of hydrogen-bond donors (Lipinski definition) is 0. The van der Waals surface area contributed by atoms with E-state index < -0.39 is 0 Å². The summed E-state index contributed by atoms with van der Waals surface area (Å²) in [6, 6.07) is 0. The molecule has 0 rings (SSSR count). The predicted molar refractivity (Wildman–Crippen MR) is 35.5 cm³/mol. The summed E-state index contributed by atoms with van der Waals surface area (Å²) in [6.07, 6.45) is 0. The van der Waals surface area contributed by atoms with Gasteiger partial charge >= 0.3 is 11.7 Å². The van der Waals surface area contributed by atoms with Crippen molar-refractivity contribution in [2.75, 3.05) is 5.75 Å². The van der Waals surface area contributed by atoms with Crippen molar-refractivity contribution >= 4 is 11.7 Å². The Balaban J connectivity index is 3.41. The minimum absolute atomic E-state index is 0.252. The van der Waals surface area contributed by atoms with Crippen LogP contribution in [0.25, 0.3) is 0 Å². The summed E-state index contributed by atoms with van der Waals surface area (Å²) in [6.45, 7) is 3.73. The molecule has 0 aromatic heterocycles. The molecule has 0 saturated carbocycles. The van der Waals surface area contributed by atoms with Crippen LogP contribution in [0.2, 0.25) is 0 Å². The third-order valence-corrected chi connectivity index (χ3v) is 1.34. The molecular weight excluding hydrogens is 120 g/mol. The fraction of sp³-hybridized carbons (Fsp3) is 0.667. The van der Waals surface area contributed by atoms with Crippen LogP contribution in [0.1, 0.15) is 13.8 Å². The number of rotatable bonds is 2. The van der Waals surface area contributed by atoms with Crippen LogP contribution in [-0.2, 0) is 15.9 Å². The highest BCUT2D eigenvalue weighted by molar-refractivity contribution is 7.65. The summed E-state index contributed by atoms with van der Waals surface area (Å²) in [5.41, 5.74) is 0. The van der Waals surface area contributed by atoms with E-state index >= 15 is 0 Å². The molecule has 0 aliphatic carbocycles. The van der Waals surface area contributed by atoms with Crippen LogP contribution in [-0.4, -0.2) is 5.75 Å². The van der Waals surface area contributed by atoms with E-state index in [9.17, 15) is 4.21 Å². The summed E-state index contributed by atoms with van der Waals surface area (Å²) >= 11 is 0.597. The van der Waals surface area contributed by atoms with Gasteiger partial charge in [0.1, 0.15) is 0 Å². The molecule has 0 N–H and O–H groups in total. The van der Waals surface area contributed by atoms with Crippen LogP contribution in [0, 0.1) is 17.8 Å². The highest BCUT2D eigenvalue weighted by atomic mass is 32.1. The van der Waals surface area contributed by atoms with Gasteiger partial charge in [0.2, 0.25) is 5.75 Å². The van der Waals surface area contributed by atoms with Crippen LogP contribution in [0.15, 0.2) is 0 Å². The van der Waals surface area contributed by atoms with Gasteiger partial charge in [-0.15, -0.1) is 5.92 Å². The van der Waals surface area contributed by atoms with Crippen molar-refractivity contribution in [3.8, 4) is 11.8 Å². The van der Waals surface area contributed by atoms with E-state index in [2.05, 4.69) is 11.8 Å². The predicted octanol–water partition coefficient (Wildman–Crippen LogP) is 1.07. The molecule has 0 radical (unpaired) electrons. The van der Waals surface area contributed by atoms with Gasteiger partial charge in [-0.1, -0.05) is 5.92 Å². The van der Waals surface area contributed by atoms with Crippen molar-refractivity contribution in [3.05, 3.63) is 0 Å². The van der Waals surface area contributed by atoms with E-state index in [0.717, 1.165) is 0 Å². The Bertz CT molecular complexity index is 120. The monoisotopic (exact) mass is 129 g/mol. The van der Waals surface area contributed by atoms with Crippen molar-refractivity contribution in [2.45, 2.75) is 13.8 Å². The molecule has 2 heteroatoms. The second-order valence-electron chi connectivity index (χ2n) is 1.58. The van der Waals surface area contributed by atoms with Crippen molar-refractivity contribution < 1.29 is 4.21 Å². The largest absolute Gasteiger partial charge is 0.460 e. The zero-order chi connectivity index (χ0) is 6.41. The van der Waals surface area contributed by atoms with Gasteiger partial charge in [-0.2, -0.15) is 0 Å². The van der Waals surface area contributed by atoms with E-state index in [-0.39, 0.29) is 5.92 Å². The second kappa shape index (κ2) is 4.73. The van der Waals surface area contributed by atoms with E-state index in [0.29, 0.717) is 17.4 Å². The molecule has 0 aliphatic heterocycles. The normalized spacial score (nSPS) is 11.2. The first-order valence-electron chi connectivity index (χ1n) is 2.48. The van der Waals surface area contributed by atoms with Crippen molar-refractivity contribution in [1.29, 1.82) is 0 Å². The van der Waals surface area contributed by atoms with Crippen molar-refractivity contribution in [3.63, 3.8) is 0 Å². The minimum Gasteiger partial charge on any atom is -0.106 e. The third kappa shape index (κ3) is 3.76. The van der Waals surface area contributed by atoms with Gasteiger partial charge in [0.05, 0.1) is 5.92 Å². The third-order valence-electron chi connectivity index (χ3n) is 0.709. The molecule has 0 amide bonds. The summed E-state index contributed by atoms with van der Waals surface area (Å²) in [5, 5.41) is 0. The van der Waals surface area contributed by atoms with Gasteiger partial charge in [0, 0.05) is 4.21 Å². The molecule has 0 spiro atoms. The SMILES string of the molecule is CC#CC(C)C[S+]=O. The lowest BCUT2D eigenvalue weighted by molar-refractivity contribution is 0.602. The van der Waals surface area contributed by atoms with Gasteiger partial charge in [-0.05, 0) is 13.8 Å². The molecule has 0 aromatic rings. The molecule has 0 aliphatic rings. The van der Waals surface area contributed by atoms with Crippen molar-refractivity contribution in [2.24, 2.45) is 5.92 Å². The van der Waals surface area contributed by atoms with Crippen LogP contribution in [0.3, 0.4) is 0 Å². The molecule has 44 valence electrons. The Labute approximate surface area is 54.0 Å². The fourth-order valence-electron chi connectivity index (χ4n) is 0.390. The quantitative estimate of drug-likeness (QED) is 0.402. The van der Waals surface area contributed by atoms with E-state index in [1.54, 1.807) is 6.92 Å². The lowest BCUT2D eigenvalue weighted by Gasteiger charge is -1.82. The summed E-state index contributed by atoms with van der Waals surface area (Å²) in [4.78, 5) is 0. The van der Waals surface area contributed by atoms with Gasteiger partial charge in [-0.25, -0.2) is 0 Å². The maximum atomic E-state index is 9.86. The molecule has 1 atom stereocenters. The lowest BCUT2D eigenvalue weighted by Crippen LogP contribution is -1.94. The van der Waals surface area contributed by atoms with Crippen LogP contribution in [0.5, 0.6) is 0 Å². The van der Waals surface area contributed by atoms with Crippen LogP contribution >= 0.6 is 0 Å². The lowest BCUT2D eigenvalue weighted by atomic mass is 10.2. The fourth-order valence-corrected chi connectivity index (χ4v) is 0.678. The maximum Gasteiger partial charge on any atom is 0.460 e. The van der Waals surface area contributed by atoms with Crippen LogP contribution < -0.4 is 0 Å². The smallest absolute Gasteiger partial charge is 0.106 e. The average molecular weight is 129 g/mol. The zero-order valence-electron chi connectivity index (χ0n) is 5.10. The number of hydrogen-bond acceptors (Lipinski definition) is 1. The van der Waals surface area contributed by atoms with Gasteiger partial charge in [0.25, 0.3) is 0 Å². The molecule has 0 aromatic carbocycles. The van der Waals surface area contributed by atoms with E-state index in [1.165, 1.54) is 0 Å². The summed E-state index contributed by atoms with van der Waals surface area (Å²) in [7, 11) is 0. The Morgan fingerprint density at radius 2 is 2.38 bits per heavy atom. The molecule has 0 heterocycles. The topological polar surface area (TPSA) is 17.1 Å². The molecule has 0 bridgehead atoms. The highest BCUT2D eigenvalue weighted by Gasteiger charge is 2.04. The van der Waals surface area contributed by atoms with Crippen LogP contribution in [0.4, 0.5) is 0 Å². The molecule has 0 fully saturated rings. The highest BCUT2D eigenvalue weighted by Crippen LogP contribution is 1.88. The minimum atomic E-state index is 0.252. The zero-order valence-corrected chi connectivity index (χ0v) is 5.92. The first kappa shape index (κ1) is 7.58. The Morgan fingerprint density at radius 3 is 2.75 bits per heavy atom. The Morgan fingerprint density at radius 1 is 1.75 bits per heavy atom. The first-order valence-corrected chi connectivity index (χ1v) is 3.39. The Hall–Kier alpha value is -0.420. The van der Waals surface area contributed by atoms with Crippen molar-refractivity contribution in [1.82, 2.24) is 0 Å². The van der Waals surface area contributed by atoms with E-state index in [1.807, 2.05) is 6.92 Å². The standard InChI is InChI=1S/C6H9OS/c1-3-4-6(2)5-8-7/h6H,5H2,1-2H3/q+1. The Kier molecular flexibility index (Phi) is 4.48. The molecule has 0 saturated heterocycles. The summed E-state index contributed by atoms with van der Waals surface area (Å²) in [5.74, 6) is 6.48. The van der Waals surface area contributed by atoms with E-state index in [4.69, 9.17) is 0 Å². The van der Waals surface area contributed by atoms with Gasteiger partial charge in [-0.3, -0.25) is 0 Å².